The molecule has 7 heteroatoms. The quantitative estimate of drug-likeness (QED) is 0.538. The van der Waals surface area contributed by atoms with Gasteiger partial charge in [-0.1, -0.05) is 12.1 Å². The third-order valence-electron chi connectivity index (χ3n) is 3.99. The topological polar surface area (TPSA) is 82.0 Å². The minimum atomic E-state index is -1.51. The van der Waals surface area contributed by atoms with Crippen molar-refractivity contribution >= 4 is 23.4 Å². The van der Waals surface area contributed by atoms with Gasteiger partial charge in [-0.15, -0.1) is 11.8 Å². The van der Waals surface area contributed by atoms with Gasteiger partial charge >= 0.3 is 5.97 Å². The maximum Gasteiger partial charge on any atom is 0.334 e. The van der Waals surface area contributed by atoms with Gasteiger partial charge in [-0.2, -0.15) is 0 Å². The zero-order chi connectivity index (χ0) is 19.8. The van der Waals surface area contributed by atoms with Crippen LogP contribution in [0.5, 0.6) is 5.75 Å². The number of carboxylic acids is 1. The lowest BCUT2D eigenvalue weighted by molar-refractivity contribution is -0.146. The highest BCUT2D eigenvalue weighted by molar-refractivity contribution is 7.99. The van der Waals surface area contributed by atoms with Crippen molar-refractivity contribution < 1.29 is 19.7 Å². The zero-order valence-corrected chi connectivity index (χ0v) is 16.6. The number of aliphatic carboxylic acids is 1. The molecule has 2 unspecified atom stereocenters. The number of nitrogens with one attached hydrogen (secondary N) is 1. The van der Waals surface area contributed by atoms with Crippen molar-refractivity contribution in [1.82, 2.24) is 4.90 Å². The van der Waals surface area contributed by atoms with Gasteiger partial charge in [0.2, 0.25) is 0 Å². The summed E-state index contributed by atoms with van der Waals surface area (Å²) in [6.45, 7) is 1.77. The van der Waals surface area contributed by atoms with E-state index in [0.717, 1.165) is 29.2 Å². The van der Waals surface area contributed by atoms with Crippen molar-refractivity contribution in [3.05, 3.63) is 54.1 Å². The lowest BCUT2D eigenvalue weighted by Gasteiger charge is -2.20. The van der Waals surface area contributed by atoms with Crippen LogP contribution in [0.4, 0.5) is 5.69 Å². The number of aliphatic hydroxyl groups is 1. The summed E-state index contributed by atoms with van der Waals surface area (Å²) in [6.07, 6.45) is -1.51. The number of anilines is 1. The van der Waals surface area contributed by atoms with Crippen LogP contribution in [-0.4, -0.2) is 61.5 Å². The Morgan fingerprint density at radius 3 is 2.30 bits per heavy atom. The first-order valence-electron chi connectivity index (χ1n) is 8.61. The number of thioether (sulfide) groups is 1. The molecule has 2 aromatic carbocycles. The average molecular weight is 391 g/mol. The number of rotatable bonds is 10. The number of carbonyl (C=O) groups is 1. The highest BCUT2D eigenvalue weighted by atomic mass is 32.2. The molecule has 0 amide bonds. The Bertz CT molecular complexity index is 720. The number of benzene rings is 2. The van der Waals surface area contributed by atoms with Crippen LogP contribution in [-0.2, 0) is 4.79 Å². The lowest BCUT2D eigenvalue weighted by Crippen LogP contribution is -2.25. The predicted octanol–water partition coefficient (Wildman–Crippen LogP) is 2.95. The van der Waals surface area contributed by atoms with E-state index in [1.807, 2.05) is 38.4 Å². The molecule has 0 aliphatic rings. The fraction of sp³-hybridized carbons (Fsp3) is 0.350. The lowest BCUT2D eigenvalue weighted by atomic mass is 10.1. The summed E-state index contributed by atoms with van der Waals surface area (Å²) in [5.41, 5.74) is 1.73. The van der Waals surface area contributed by atoms with Crippen molar-refractivity contribution in [3.8, 4) is 5.75 Å². The van der Waals surface area contributed by atoms with E-state index in [4.69, 9.17) is 4.74 Å². The number of carboxylic acid groups (broad SMARTS) is 1. The van der Waals surface area contributed by atoms with Crippen LogP contribution in [0.3, 0.4) is 0 Å². The third kappa shape index (κ3) is 6.46. The van der Waals surface area contributed by atoms with E-state index in [9.17, 15) is 15.0 Å². The van der Waals surface area contributed by atoms with Gasteiger partial charge in [0.1, 0.15) is 5.75 Å². The second kappa shape index (κ2) is 10.2. The highest BCUT2D eigenvalue weighted by Crippen LogP contribution is 2.39. The Labute approximate surface area is 164 Å². The van der Waals surface area contributed by atoms with E-state index in [2.05, 4.69) is 10.2 Å². The van der Waals surface area contributed by atoms with Gasteiger partial charge in [-0.3, -0.25) is 0 Å². The van der Waals surface area contributed by atoms with Gasteiger partial charge in [0.25, 0.3) is 0 Å². The summed E-state index contributed by atoms with van der Waals surface area (Å²) >= 11 is 1.32. The van der Waals surface area contributed by atoms with Gasteiger partial charge in [0.15, 0.2) is 6.10 Å². The summed E-state index contributed by atoms with van der Waals surface area (Å²) in [7, 11) is 5.62. The minimum absolute atomic E-state index is 0.624. The van der Waals surface area contributed by atoms with E-state index < -0.39 is 17.3 Å². The predicted molar refractivity (Wildman–Crippen MR) is 109 cm³/mol. The molecule has 0 heterocycles. The summed E-state index contributed by atoms with van der Waals surface area (Å²) in [4.78, 5) is 14.3. The number of aliphatic hydroxyl groups excluding tert-OH is 1. The Kier molecular flexibility index (Phi) is 7.97. The fourth-order valence-corrected chi connectivity index (χ4v) is 3.58. The largest absolute Gasteiger partial charge is 0.497 e. The SMILES string of the molecule is COc1ccc(C(Sc2ccc(NCCN(C)C)cc2)C(O)C(=O)O)cc1. The zero-order valence-electron chi connectivity index (χ0n) is 15.8. The van der Waals surface area contributed by atoms with E-state index in [-0.39, 0.29) is 0 Å². The molecule has 0 saturated heterocycles. The molecule has 2 aromatic rings. The smallest absolute Gasteiger partial charge is 0.334 e. The molecular formula is C20H26N2O4S. The van der Waals surface area contributed by atoms with Crippen LogP contribution in [0.2, 0.25) is 0 Å². The molecule has 0 aromatic heterocycles. The molecule has 27 heavy (non-hydrogen) atoms. The minimum Gasteiger partial charge on any atom is -0.497 e. The van der Waals surface area contributed by atoms with Crippen LogP contribution in [0.25, 0.3) is 0 Å². The summed E-state index contributed by atoms with van der Waals surface area (Å²) in [6, 6.07) is 14.8. The number of ether oxygens (including phenoxy) is 1. The average Bonchev–Trinajstić information content (AvgIpc) is 2.66. The number of likely N-dealkylation sites (N-methyl/N-ethyl adjacent to an activating group) is 1. The van der Waals surface area contributed by atoms with E-state index >= 15 is 0 Å². The van der Waals surface area contributed by atoms with Crippen molar-refractivity contribution in [2.45, 2.75) is 16.2 Å². The number of hydrogen-bond acceptors (Lipinski definition) is 6. The summed E-state index contributed by atoms with van der Waals surface area (Å²) < 4.78 is 5.14. The molecule has 146 valence electrons. The monoisotopic (exact) mass is 390 g/mol. The first kappa shape index (κ1) is 21.1. The maximum atomic E-state index is 11.4. The van der Waals surface area contributed by atoms with Crippen LogP contribution in [0.15, 0.2) is 53.4 Å². The fourth-order valence-electron chi connectivity index (χ4n) is 2.46. The van der Waals surface area contributed by atoms with Crippen molar-refractivity contribution in [3.63, 3.8) is 0 Å². The van der Waals surface area contributed by atoms with Crippen LogP contribution in [0, 0.1) is 0 Å². The second-order valence-electron chi connectivity index (χ2n) is 6.35. The molecule has 2 atom stereocenters. The summed E-state index contributed by atoms with van der Waals surface area (Å²) in [5, 5.41) is 22.2. The number of methoxy groups -OCH3 is 1. The van der Waals surface area contributed by atoms with Gasteiger partial charge in [0, 0.05) is 23.7 Å². The normalized spacial score (nSPS) is 13.2. The van der Waals surface area contributed by atoms with Crippen molar-refractivity contribution in [2.75, 3.05) is 39.6 Å². The molecule has 0 aliphatic carbocycles. The van der Waals surface area contributed by atoms with E-state index in [0.29, 0.717) is 5.75 Å². The molecule has 0 fully saturated rings. The molecule has 0 aliphatic heterocycles. The number of hydrogen-bond donors (Lipinski definition) is 3. The molecule has 0 spiro atoms. The van der Waals surface area contributed by atoms with Crippen LogP contribution < -0.4 is 10.1 Å². The van der Waals surface area contributed by atoms with Crippen molar-refractivity contribution in [2.24, 2.45) is 0 Å². The summed E-state index contributed by atoms with van der Waals surface area (Å²) in [5.74, 6) is -0.564. The third-order valence-corrected chi connectivity index (χ3v) is 5.32. The van der Waals surface area contributed by atoms with Gasteiger partial charge in [-0.05, 0) is 56.1 Å². The molecule has 0 radical (unpaired) electrons. The molecule has 0 bridgehead atoms. The van der Waals surface area contributed by atoms with Crippen molar-refractivity contribution in [1.29, 1.82) is 0 Å². The molecule has 0 saturated carbocycles. The first-order valence-corrected chi connectivity index (χ1v) is 9.49. The number of nitrogens with zero attached hydrogens (tertiary/aromatic N) is 1. The van der Waals surface area contributed by atoms with Crippen LogP contribution in [0.1, 0.15) is 10.8 Å². The Morgan fingerprint density at radius 2 is 1.78 bits per heavy atom. The molecule has 2 rings (SSSR count). The van der Waals surface area contributed by atoms with E-state index in [1.165, 1.54) is 11.8 Å². The van der Waals surface area contributed by atoms with Gasteiger partial charge in [0.05, 0.1) is 12.4 Å². The standard InChI is InChI=1S/C20H26N2O4S/c1-22(2)13-12-21-15-6-10-17(11-7-15)27-19(18(23)20(24)25)14-4-8-16(26-3)9-5-14/h4-11,18-19,21,23H,12-13H2,1-3H3,(H,24,25). The molecule has 6 nitrogen and oxygen atoms in total. The Morgan fingerprint density at radius 1 is 1.15 bits per heavy atom. The molecule has 3 N–H and O–H groups in total. The Hall–Kier alpha value is -2.22. The first-order chi connectivity index (χ1) is 12.9. The van der Waals surface area contributed by atoms with Gasteiger partial charge < -0.3 is 25.2 Å². The van der Waals surface area contributed by atoms with Gasteiger partial charge in [-0.25, -0.2) is 4.79 Å². The Balaban J connectivity index is 2.11. The van der Waals surface area contributed by atoms with Crippen LogP contribution >= 0.6 is 11.8 Å². The maximum absolute atomic E-state index is 11.4. The second-order valence-corrected chi connectivity index (χ2v) is 7.56. The molecular weight excluding hydrogens is 364 g/mol. The highest BCUT2D eigenvalue weighted by Gasteiger charge is 2.28. The van der Waals surface area contributed by atoms with E-state index in [1.54, 1.807) is 31.4 Å².